The maximum Gasteiger partial charge on any atom is 0.316 e. The van der Waals surface area contributed by atoms with E-state index in [0.29, 0.717) is 0 Å². The van der Waals surface area contributed by atoms with Crippen LogP contribution in [0.25, 0.3) is 0 Å². The number of nitrogens with two attached hydrogens (primary N) is 1. The Hall–Kier alpha value is -1.26. The van der Waals surface area contributed by atoms with Gasteiger partial charge in [0.25, 0.3) is 0 Å². The van der Waals surface area contributed by atoms with E-state index in [1.54, 1.807) is 0 Å². The van der Waals surface area contributed by atoms with Crippen molar-refractivity contribution in [3.05, 3.63) is 29.8 Å². The number of hydrogen-bond donors (Lipinski definition) is 3. The zero-order chi connectivity index (χ0) is 12.8. The van der Waals surface area contributed by atoms with Gasteiger partial charge in [-0.3, -0.25) is 0 Å². The van der Waals surface area contributed by atoms with E-state index in [1.165, 1.54) is 24.8 Å². The molecule has 1 aliphatic heterocycles. The first kappa shape index (κ1) is 15.8. The molecule has 2 rings (SSSR count). The smallest absolute Gasteiger partial charge is 0.316 e. The first-order chi connectivity index (χ1) is 8.74. The second-order valence-corrected chi connectivity index (χ2v) is 4.92. The molecule has 1 aromatic carbocycles. The van der Waals surface area contributed by atoms with Gasteiger partial charge >= 0.3 is 6.03 Å². The van der Waals surface area contributed by atoms with Crippen LogP contribution in [-0.4, -0.2) is 19.1 Å². The summed E-state index contributed by atoms with van der Waals surface area (Å²) in [5, 5.41) is 5.99. The molecule has 1 saturated heterocycles. The summed E-state index contributed by atoms with van der Waals surface area (Å²) in [4.78, 5) is 10.8. The molecule has 5 heteroatoms. The highest BCUT2D eigenvalue weighted by Crippen LogP contribution is 2.20. The molecule has 19 heavy (non-hydrogen) atoms. The molecular formula is C14H22ClN3O. The molecule has 0 radical (unpaired) electrons. The van der Waals surface area contributed by atoms with E-state index in [1.807, 2.05) is 18.2 Å². The third-order valence-electron chi connectivity index (χ3n) is 3.49. The topological polar surface area (TPSA) is 67.2 Å². The van der Waals surface area contributed by atoms with Crippen LogP contribution in [0, 0.1) is 5.92 Å². The monoisotopic (exact) mass is 283 g/mol. The molecule has 0 aliphatic carbocycles. The number of aryl methyl sites for hydroxylation is 1. The maximum atomic E-state index is 10.8. The third kappa shape index (κ3) is 5.49. The minimum Gasteiger partial charge on any atom is -0.351 e. The fourth-order valence-electron chi connectivity index (χ4n) is 2.49. The predicted octanol–water partition coefficient (Wildman–Crippen LogP) is 2.53. The van der Waals surface area contributed by atoms with Gasteiger partial charge in [0.05, 0.1) is 0 Å². The van der Waals surface area contributed by atoms with Gasteiger partial charge < -0.3 is 16.4 Å². The molecule has 0 aromatic heterocycles. The lowest BCUT2D eigenvalue weighted by Crippen LogP contribution is -2.27. The molecule has 0 unspecified atom stereocenters. The number of primary amides is 1. The number of amides is 2. The summed E-state index contributed by atoms with van der Waals surface area (Å²) in [6, 6.07) is 7.42. The van der Waals surface area contributed by atoms with Gasteiger partial charge in [0.1, 0.15) is 0 Å². The summed E-state index contributed by atoms with van der Waals surface area (Å²) in [6.07, 6.45) is 4.85. The number of anilines is 1. The number of carbonyl (C=O) groups excluding carboxylic acids is 1. The van der Waals surface area contributed by atoms with Crippen molar-refractivity contribution in [2.75, 3.05) is 18.4 Å². The molecular weight excluding hydrogens is 262 g/mol. The van der Waals surface area contributed by atoms with E-state index in [4.69, 9.17) is 5.73 Å². The zero-order valence-electron chi connectivity index (χ0n) is 11.0. The van der Waals surface area contributed by atoms with Crippen LogP contribution in [0.2, 0.25) is 0 Å². The first-order valence-electron chi connectivity index (χ1n) is 6.60. The van der Waals surface area contributed by atoms with E-state index in [2.05, 4.69) is 16.7 Å². The second kappa shape index (κ2) is 8.02. The van der Waals surface area contributed by atoms with E-state index in [-0.39, 0.29) is 12.4 Å². The van der Waals surface area contributed by atoms with Crippen molar-refractivity contribution in [1.29, 1.82) is 0 Å². The normalized spacial score (nSPS) is 15.6. The highest BCUT2D eigenvalue weighted by molar-refractivity contribution is 5.87. The van der Waals surface area contributed by atoms with Gasteiger partial charge in [0, 0.05) is 5.69 Å². The van der Waals surface area contributed by atoms with Crippen molar-refractivity contribution in [1.82, 2.24) is 5.32 Å². The summed E-state index contributed by atoms with van der Waals surface area (Å²) < 4.78 is 0. The van der Waals surface area contributed by atoms with Gasteiger partial charge in [-0.15, -0.1) is 12.4 Å². The van der Waals surface area contributed by atoms with Crippen LogP contribution >= 0.6 is 12.4 Å². The lowest BCUT2D eigenvalue weighted by molar-refractivity contribution is 0.259. The Morgan fingerprint density at radius 3 is 2.79 bits per heavy atom. The van der Waals surface area contributed by atoms with Gasteiger partial charge in [-0.25, -0.2) is 4.79 Å². The summed E-state index contributed by atoms with van der Waals surface area (Å²) in [5.41, 5.74) is 7.15. The number of hydrogen-bond acceptors (Lipinski definition) is 2. The van der Waals surface area contributed by atoms with E-state index in [9.17, 15) is 4.79 Å². The van der Waals surface area contributed by atoms with Gasteiger partial charge in [0.2, 0.25) is 0 Å². The standard InChI is InChI=1S/C14H21N3O.ClH/c15-14(18)17-13-3-1-2-12(10-13)5-4-11-6-8-16-9-7-11;/h1-3,10-11,16H,4-9H2,(H3,15,17,18);1H. The SMILES string of the molecule is Cl.NC(=O)Nc1cccc(CCC2CCNCC2)c1. The molecule has 4 nitrogen and oxygen atoms in total. The van der Waals surface area contributed by atoms with Crippen LogP contribution < -0.4 is 16.4 Å². The minimum atomic E-state index is -0.509. The van der Waals surface area contributed by atoms with Crippen LogP contribution in [0.3, 0.4) is 0 Å². The number of nitrogens with one attached hydrogen (secondary N) is 2. The number of piperidine rings is 1. The number of urea groups is 1. The Bertz CT molecular complexity index is 405. The van der Waals surface area contributed by atoms with Gasteiger partial charge in [0.15, 0.2) is 0 Å². The Balaban J connectivity index is 0.00000180. The van der Waals surface area contributed by atoms with Crippen LogP contribution in [-0.2, 0) is 6.42 Å². The average Bonchev–Trinajstić information content (AvgIpc) is 2.37. The van der Waals surface area contributed by atoms with Crippen molar-refractivity contribution in [2.24, 2.45) is 11.7 Å². The molecule has 1 aliphatic rings. The van der Waals surface area contributed by atoms with Gasteiger partial charge in [-0.1, -0.05) is 12.1 Å². The Morgan fingerprint density at radius 1 is 1.37 bits per heavy atom. The molecule has 2 amide bonds. The summed E-state index contributed by atoms with van der Waals surface area (Å²) in [7, 11) is 0. The lowest BCUT2D eigenvalue weighted by atomic mass is 9.91. The van der Waals surface area contributed by atoms with Crippen LogP contribution in [0.4, 0.5) is 10.5 Å². The van der Waals surface area contributed by atoms with Gasteiger partial charge in [-0.05, 0) is 62.4 Å². The van der Waals surface area contributed by atoms with E-state index < -0.39 is 6.03 Å². The summed E-state index contributed by atoms with van der Waals surface area (Å²) >= 11 is 0. The molecule has 1 fully saturated rings. The number of benzene rings is 1. The predicted molar refractivity (Wildman–Crippen MR) is 80.8 cm³/mol. The van der Waals surface area contributed by atoms with Crippen molar-refractivity contribution >= 4 is 24.1 Å². The number of carbonyl (C=O) groups is 1. The molecule has 4 N–H and O–H groups in total. The molecule has 0 saturated carbocycles. The average molecular weight is 284 g/mol. The Labute approximate surface area is 120 Å². The van der Waals surface area contributed by atoms with Crippen molar-refractivity contribution in [2.45, 2.75) is 25.7 Å². The van der Waals surface area contributed by atoms with Crippen LogP contribution in [0.15, 0.2) is 24.3 Å². The highest BCUT2D eigenvalue weighted by Gasteiger charge is 2.12. The molecule has 0 atom stereocenters. The van der Waals surface area contributed by atoms with Gasteiger partial charge in [-0.2, -0.15) is 0 Å². The van der Waals surface area contributed by atoms with Crippen molar-refractivity contribution < 1.29 is 4.79 Å². The molecule has 0 spiro atoms. The fraction of sp³-hybridized carbons (Fsp3) is 0.500. The first-order valence-corrected chi connectivity index (χ1v) is 6.60. The Kier molecular flexibility index (Phi) is 6.67. The third-order valence-corrected chi connectivity index (χ3v) is 3.49. The number of rotatable bonds is 4. The van der Waals surface area contributed by atoms with Crippen LogP contribution in [0.5, 0.6) is 0 Å². The number of halogens is 1. The quantitative estimate of drug-likeness (QED) is 0.795. The molecule has 0 bridgehead atoms. The fourth-order valence-corrected chi connectivity index (χ4v) is 2.49. The largest absolute Gasteiger partial charge is 0.351 e. The lowest BCUT2D eigenvalue weighted by Gasteiger charge is -2.22. The zero-order valence-corrected chi connectivity index (χ0v) is 11.8. The Morgan fingerprint density at radius 2 is 2.11 bits per heavy atom. The molecule has 106 valence electrons. The summed E-state index contributed by atoms with van der Waals surface area (Å²) in [5.74, 6) is 0.832. The summed E-state index contributed by atoms with van der Waals surface area (Å²) in [6.45, 7) is 2.29. The van der Waals surface area contributed by atoms with E-state index >= 15 is 0 Å². The van der Waals surface area contributed by atoms with Crippen LogP contribution in [0.1, 0.15) is 24.8 Å². The molecule has 1 heterocycles. The van der Waals surface area contributed by atoms with E-state index in [0.717, 1.165) is 31.1 Å². The molecule has 1 aromatic rings. The van der Waals surface area contributed by atoms with Crippen molar-refractivity contribution in [3.63, 3.8) is 0 Å². The van der Waals surface area contributed by atoms with Crippen molar-refractivity contribution in [3.8, 4) is 0 Å². The second-order valence-electron chi connectivity index (χ2n) is 4.92. The maximum absolute atomic E-state index is 10.8. The minimum absolute atomic E-state index is 0. The highest BCUT2D eigenvalue weighted by atomic mass is 35.5.